The molecule has 0 unspecified atom stereocenters. The number of carbonyl (C=O) groups excluding carboxylic acids is 1. The highest BCUT2D eigenvalue weighted by atomic mass is 32.2. The summed E-state index contributed by atoms with van der Waals surface area (Å²) in [6.07, 6.45) is 1.67. The van der Waals surface area contributed by atoms with Gasteiger partial charge in [0.1, 0.15) is 0 Å². The van der Waals surface area contributed by atoms with Crippen molar-refractivity contribution >= 4 is 42.6 Å². The number of anilines is 1. The molecule has 2 amide bonds. The Morgan fingerprint density at radius 2 is 1.96 bits per heavy atom. The number of sulfone groups is 1. The number of benzene rings is 2. The van der Waals surface area contributed by atoms with E-state index in [4.69, 9.17) is 5.11 Å². The molecule has 0 atom stereocenters. The molecule has 0 fully saturated rings. The van der Waals surface area contributed by atoms with E-state index in [0.29, 0.717) is 18.1 Å². The van der Waals surface area contributed by atoms with Crippen LogP contribution in [0.1, 0.15) is 6.42 Å². The van der Waals surface area contributed by atoms with Crippen LogP contribution in [0.4, 0.5) is 9.93 Å². The van der Waals surface area contributed by atoms with Crippen molar-refractivity contribution in [2.24, 2.45) is 0 Å². The van der Waals surface area contributed by atoms with Gasteiger partial charge in [-0.1, -0.05) is 29.5 Å². The molecule has 0 spiro atoms. The van der Waals surface area contributed by atoms with Crippen molar-refractivity contribution < 1.29 is 18.3 Å². The van der Waals surface area contributed by atoms with Gasteiger partial charge >= 0.3 is 6.03 Å². The molecule has 0 radical (unpaired) electrons. The minimum atomic E-state index is -3.27. The lowest BCUT2D eigenvalue weighted by Gasteiger charge is -2.04. The third-order valence-electron chi connectivity index (χ3n) is 3.82. The van der Waals surface area contributed by atoms with E-state index in [2.05, 4.69) is 15.6 Å². The Bertz CT molecular complexity index is 1080. The van der Waals surface area contributed by atoms with Crippen LogP contribution in [0.25, 0.3) is 21.3 Å². The molecule has 3 rings (SSSR count). The van der Waals surface area contributed by atoms with Crippen LogP contribution in [0, 0.1) is 0 Å². The molecule has 0 aliphatic carbocycles. The number of fused-ring (bicyclic) bond motifs is 1. The second-order valence-electron chi connectivity index (χ2n) is 5.96. The molecule has 0 saturated heterocycles. The highest BCUT2D eigenvalue weighted by Gasteiger charge is 2.11. The van der Waals surface area contributed by atoms with Gasteiger partial charge in [-0.15, -0.1) is 0 Å². The molecule has 0 bridgehead atoms. The summed E-state index contributed by atoms with van der Waals surface area (Å²) >= 11 is 1.33. The number of nitrogens with zero attached hydrogens (tertiary/aromatic N) is 1. The normalized spacial score (nSPS) is 11.5. The number of hydrogen-bond donors (Lipinski definition) is 3. The lowest BCUT2D eigenvalue weighted by Crippen LogP contribution is -2.29. The molecular formula is C18H19N3O4S2. The first-order valence-electron chi connectivity index (χ1n) is 8.23. The molecular weight excluding hydrogens is 386 g/mol. The first-order valence-corrected chi connectivity index (χ1v) is 10.9. The number of aliphatic hydroxyl groups excluding tert-OH is 1. The van der Waals surface area contributed by atoms with E-state index in [1.165, 1.54) is 17.6 Å². The van der Waals surface area contributed by atoms with Gasteiger partial charge in [-0.05, 0) is 41.8 Å². The first-order chi connectivity index (χ1) is 12.9. The van der Waals surface area contributed by atoms with Gasteiger partial charge in [-0.25, -0.2) is 18.2 Å². The Labute approximate surface area is 161 Å². The number of aliphatic hydroxyl groups is 1. The topological polar surface area (TPSA) is 108 Å². The molecule has 1 heterocycles. The molecule has 9 heteroatoms. The van der Waals surface area contributed by atoms with Gasteiger partial charge in [0, 0.05) is 19.4 Å². The van der Waals surface area contributed by atoms with E-state index in [0.717, 1.165) is 21.3 Å². The molecule has 0 aliphatic heterocycles. The van der Waals surface area contributed by atoms with Gasteiger partial charge in [0.15, 0.2) is 15.0 Å². The van der Waals surface area contributed by atoms with Crippen LogP contribution in [0.2, 0.25) is 0 Å². The summed E-state index contributed by atoms with van der Waals surface area (Å²) < 4.78 is 24.4. The second kappa shape index (κ2) is 8.03. The molecule has 142 valence electrons. The number of urea groups is 1. The summed E-state index contributed by atoms with van der Waals surface area (Å²) in [5, 5.41) is 14.5. The highest BCUT2D eigenvalue weighted by molar-refractivity contribution is 7.90. The van der Waals surface area contributed by atoms with E-state index in [9.17, 15) is 13.2 Å². The summed E-state index contributed by atoms with van der Waals surface area (Å²) in [6.45, 7) is 0.402. The quantitative estimate of drug-likeness (QED) is 0.547. The average molecular weight is 406 g/mol. The molecule has 3 N–H and O–H groups in total. The number of carbonyl (C=O) groups is 1. The number of nitrogens with one attached hydrogen (secondary N) is 2. The van der Waals surface area contributed by atoms with Crippen LogP contribution in [0.15, 0.2) is 47.4 Å². The minimum Gasteiger partial charge on any atom is -0.396 e. The predicted molar refractivity (Wildman–Crippen MR) is 107 cm³/mol. The summed E-state index contributed by atoms with van der Waals surface area (Å²) in [7, 11) is -3.27. The monoisotopic (exact) mass is 405 g/mol. The van der Waals surface area contributed by atoms with Crippen LogP contribution >= 0.6 is 11.3 Å². The van der Waals surface area contributed by atoms with E-state index >= 15 is 0 Å². The summed E-state index contributed by atoms with van der Waals surface area (Å²) in [6, 6.07) is 12.0. The van der Waals surface area contributed by atoms with E-state index in [1.54, 1.807) is 18.2 Å². The summed E-state index contributed by atoms with van der Waals surface area (Å²) in [5.74, 6) is 0. The number of thiazole rings is 1. The smallest absolute Gasteiger partial charge is 0.321 e. The Morgan fingerprint density at radius 1 is 1.19 bits per heavy atom. The Hall–Kier alpha value is -2.49. The van der Waals surface area contributed by atoms with Gasteiger partial charge in [-0.3, -0.25) is 5.32 Å². The minimum absolute atomic E-state index is 0.0186. The second-order valence-corrected chi connectivity index (χ2v) is 9.01. The van der Waals surface area contributed by atoms with Gasteiger partial charge in [0.2, 0.25) is 0 Å². The summed E-state index contributed by atoms with van der Waals surface area (Å²) in [4.78, 5) is 16.4. The van der Waals surface area contributed by atoms with Crippen LogP contribution < -0.4 is 10.6 Å². The fourth-order valence-corrected chi connectivity index (χ4v) is 4.05. The van der Waals surface area contributed by atoms with Crippen molar-refractivity contribution in [1.82, 2.24) is 10.3 Å². The molecule has 27 heavy (non-hydrogen) atoms. The van der Waals surface area contributed by atoms with Crippen LogP contribution in [0.3, 0.4) is 0 Å². The van der Waals surface area contributed by atoms with Crippen molar-refractivity contribution in [2.45, 2.75) is 11.3 Å². The molecule has 7 nitrogen and oxygen atoms in total. The maximum Gasteiger partial charge on any atom is 0.321 e. The van der Waals surface area contributed by atoms with Crippen molar-refractivity contribution in [3.63, 3.8) is 0 Å². The molecule has 0 aliphatic rings. The van der Waals surface area contributed by atoms with Crippen molar-refractivity contribution in [1.29, 1.82) is 0 Å². The van der Waals surface area contributed by atoms with Crippen LogP contribution in [-0.4, -0.2) is 43.9 Å². The number of aromatic nitrogens is 1. The van der Waals surface area contributed by atoms with Gasteiger partial charge in [0.25, 0.3) is 0 Å². The molecule has 2 aromatic carbocycles. The zero-order valence-corrected chi connectivity index (χ0v) is 16.2. The lowest BCUT2D eigenvalue weighted by atomic mass is 10.1. The fraction of sp³-hybridized carbons (Fsp3) is 0.222. The third-order valence-corrected chi connectivity index (χ3v) is 5.87. The number of rotatable bonds is 6. The standard InChI is InChI=1S/C18H19N3O4S2/c1-27(24,25)14-5-2-4-12(10-14)13-6-7-15-16(11-13)26-18(20-15)21-17(23)19-8-3-9-22/h2,4-7,10-11,22H,3,8-9H2,1H3,(H2,19,20,21,23). The SMILES string of the molecule is CS(=O)(=O)c1cccc(-c2ccc3nc(NC(=O)NCCCO)sc3c2)c1. The van der Waals surface area contributed by atoms with Gasteiger partial charge in [0.05, 0.1) is 15.1 Å². The van der Waals surface area contributed by atoms with Crippen LogP contribution in [-0.2, 0) is 9.84 Å². The van der Waals surface area contributed by atoms with Crippen molar-refractivity contribution in [3.05, 3.63) is 42.5 Å². The number of hydrogen-bond acceptors (Lipinski definition) is 6. The molecule has 1 aromatic heterocycles. The molecule has 3 aromatic rings. The van der Waals surface area contributed by atoms with E-state index < -0.39 is 9.84 Å². The number of amides is 2. The molecule has 0 saturated carbocycles. The van der Waals surface area contributed by atoms with E-state index in [-0.39, 0.29) is 17.5 Å². The first kappa shape index (κ1) is 19.3. The van der Waals surface area contributed by atoms with Gasteiger partial charge in [-0.2, -0.15) is 0 Å². The Balaban J connectivity index is 1.83. The predicted octanol–water partition coefficient (Wildman–Crippen LogP) is 2.87. The zero-order valence-electron chi connectivity index (χ0n) is 14.6. The van der Waals surface area contributed by atoms with Crippen molar-refractivity contribution in [3.8, 4) is 11.1 Å². The lowest BCUT2D eigenvalue weighted by molar-refractivity contribution is 0.249. The Morgan fingerprint density at radius 3 is 2.70 bits per heavy atom. The van der Waals surface area contributed by atoms with Crippen LogP contribution in [0.5, 0.6) is 0 Å². The maximum absolute atomic E-state index is 11.8. The third kappa shape index (κ3) is 4.82. The van der Waals surface area contributed by atoms with Gasteiger partial charge < -0.3 is 10.4 Å². The zero-order chi connectivity index (χ0) is 19.4. The van der Waals surface area contributed by atoms with E-state index in [1.807, 2.05) is 24.3 Å². The average Bonchev–Trinajstić information content (AvgIpc) is 3.02. The fourth-order valence-electron chi connectivity index (χ4n) is 2.49. The summed E-state index contributed by atoms with van der Waals surface area (Å²) in [5.41, 5.74) is 2.41. The Kier molecular flexibility index (Phi) is 5.73. The van der Waals surface area contributed by atoms with Crippen molar-refractivity contribution in [2.75, 3.05) is 24.7 Å². The largest absolute Gasteiger partial charge is 0.396 e. The highest BCUT2D eigenvalue weighted by Crippen LogP contribution is 2.31. The maximum atomic E-state index is 11.8.